The SMILES string of the molecule is OCC(O)COc1ccc2ccccc2c1Br. The van der Waals surface area contributed by atoms with Crippen molar-refractivity contribution in [2.45, 2.75) is 6.10 Å². The molecule has 2 aromatic rings. The molecule has 0 fully saturated rings. The Balaban J connectivity index is 2.26. The van der Waals surface area contributed by atoms with Gasteiger partial charge in [0.15, 0.2) is 0 Å². The number of fused-ring (bicyclic) bond motifs is 1. The third kappa shape index (κ3) is 2.77. The fourth-order valence-corrected chi connectivity index (χ4v) is 2.17. The number of benzene rings is 2. The molecule has 2 N–H and O–H groups in total. The molecule has 0 aliphatic heterocycles. The van der Waals surface area contributed by atoms with Crippen LogP contribution in [-0.2, 0) is 0 Å². The lowest BCUT2D eigenvalue weighted by atomic mass is 10.1. The molecule has 90 valence electrons. The fourth-order valence-electron chi connectivity index (χ4n) is 1.56. The first-order valence-corrected chi connectivity index (χ1v) is 6.10. The number of halogens is 1. The third-order valence-corrected chi connectivity index (χ3v) is 3.29. The first kappa shape index (κ1) is 12.4. The van der Waals surface area contributed by atoms with E-state index in [0.717, 1.165) is 15.2 Å². The highest BCUT2D eigenvalue weighted by Crippen LogP contribution is 2.32. The summed E-state index contributed by atoms with van der Waals surface area (Å²) < 4.78 is 6.30. The number of aliphatic hydroxyl groups excluding tert-OH is 2. The molecule has 4 heteroatoms. The van der Waals surface area contributed by atoms with Gasteiger partial charge in [0.05, 0.1) is 11.1 Å². The van der Waals surface area contributed by atoms with Crippen molar-refractivity contribution in [2.24, 2.45) is 0 Å². The number of hydrogen-bond donors (Lipinski definition) is 2. The highest BCUT2D eigenvalue weighted by atomic mass is 79.9. The summed E-state index contributed by atoms with van der Waals surface area (Å²) in [5.74, 6) is 0.663. The molecule has 0 bridgehead atoms. The molecule has 0 aromatic heterocycles. The zero-order valence-electron chi connectivity index (χ0n) is 9.14. The van der Waals surface area contributed by atoms with Crippen LogP contribution in [0, 0.1) is 0 Å². The van der Waals surface area contributed by atoms with Gasteiger partial charge in [0, 0.05) is 0 Å². The molecule has 1 unspecified atom stereocenters. The molecule has 0 heterocycles. The number of ether oxygens (including phenoxy) is 1. The molecule has 2 aromatic carbocycles. The molecule has 1 atom stereocenters. The van der Waals surface area contributed by atoms with Crippen molar-refractivity contribution < 1.29 is 14.9 Å². The van der Waals surface area contributed by atoms with Crippen LogP contribution in [0.15, 0.2) is 40.9 Å². The first-order chi connectivity index (χ1) is 8.22. The quantitative estimate of drug-likeness (QED) is 0.910. The summed E-state index contributed by atoms with van der Waals surface area (Å²) in [5.41, 5.74) is 0. The maximum Gasteiger partial charge on any atom is 0.134 e. The fraction of sp³-hybridized carbons (Fsp3) is 0.231. The summed E-state index contributed by atoms with van der Waals surface area (Å²) >= 11 is 3.48. The van der Waals surface area contributed by atoms with Gasteiger partial charge in [-0.2, -0.15) is 0 Å². The van der Waals surface area contributed by atoms with E-state index in [-0.39, 0.29) is 13.2 Å². The highest BCUT2D eigenvalue weighted by molar-refractivity contribution is 9.10. The van der Waals surface area contributed by atoms with Gasteiger partial charge in [-0.25, -0.2) is 0 Å². The van der Waals surface area contributed by atoms with Crippen LogP contribution >= 0.6 is 15.9 Å². The standard InChI is InChI=1S/C13H13BrO3/c14-13-11-4-2-1-3-9(11)5-6-12(13)17-8-10(16)7-15/h1-6,10,15-16H,7-8H2. The number of rotatable bonds is 4. The van der Waals surface area contributed by atoms with Gasteiger partial charge < -0.3 is 14.9 Å². The molecule has 0 radical (unpaired) electrons. The topological polar surface area (TPSA) is 49.7 Å². The smallest absolute Gasteiger partial charge is 0.134 e. The molecular formula is C13H13BrO3. The van der Waals surface area contributed by atoms with Gasteiger partial charge in [-0.1, -0.05) is 30.3 Å². The molecular weight excluding hydrogens is 284 g/mol. The zero-order valence-corrected chi connectivity index (χ0v) is 10.7. The van der Waals surface area contributed by atoms with Gasteiger partial charge in [-0.3, -0.25) is 0 Å². The largest absolute Gasteiger partial charge is 0.490 e. The van der Waals surface area contributed by atoms with Crippen LogP contribution in [0.1, 0.15) is 0 Å². The van der Waals surface area contributed by atoms with E-state index in [2.05, 4.69) is 15.9 Å². The van der Waals surface area contributed by atoms with Crippen LogP contribution in [-0.4, -0.2) is 29.5 Å². The molecule has 17 heavy (non-hydrogen) atoms. The van der Waals surface area contributed by atoms with Crippen LogP contribution < -0.4 is 4.74 Å². The van der Waals surface area contributed by atoms with Crippen LogP contribution in [0.5, 0.6) is 5.75 Å². The Labute approximate surface area is 108 Å². The van der Waals surface area contributed by atoms with Crippen molar-refractivity contribution in [1.29, 1.82) is 0 Å². The Morgan fingerprint density at radius 2 is 1.94 bits per heavy atom. The highest BCUT2D eigenvalue weighted by Gasteiger charge is 2.08. The van der Waals surface area contributed by atoms with E-state index in [1.165, 1.54) is 0 Å². The second-order valence-corrected chi connectivity index (χ2v) is 4.54. The first-order valence-electron chi connectivity index (χ1n) is 5.31. The van der Waals surface area contributed by atoms with Crippen LogP contribution in [0.3, 0.4) is 0 Å². The third-order valence-electron chi connectivity index (χ3n) is 2.47. The number of hydrogen-bond acceptors (Lipinski definition) is 3. The molecule has 0 saturated heterocycles. The van der Waals surface area contributed by atoms with E-state index in [4.69, 9.17) is 9.84 Å². The van der Waals surface area contributed by atoms with Gasteiger partial charge in [-0.15, -0.1) is 0 Å². The van der Waals surface area contributed by atoms with Gasteiger partial charge in [0.1, 0.15) is 18.5 Å². The van der Waals surface area contributed by atoms with E-state index in [1.54, 1.807) is 0 Å². The molecule has 2 rings (SSSR count). The Hall–Kier alpha value is -1.10. The Morgan fingerprint density at radius 3 is 2.71 bits per heavy atom. The monoisotopic (exact) mass is 296 g/mol. The van der Waals surface area contributed by atoms with Crippen LogP contribution in [0.2, 0.25) is 0 Å². The van der Waals surface area contributed by atoms with Crippen molar-refractivity contribution in [1.82, 2.24) is 0 Å². The molecule has 0 aliphatic carbocycles. The van der Waals surface area contributed by atoms with Crippen LogP contribution in [0.4, 0.5) is 0 Å². The van der Waals surface area contributed by atoms with Crippen molar-refractivity contribution in [2.75, 3.05) is 13.2 Å². The summed E-state index contributed by atoms with van der Waals surface area (Å²) in [4.78, 5) is 0. The maximum absolute atomic E-state index is 9.23. The molecule has 0 amide bonds. The van der Waals surface area contributed by atoms with Crippen molar-refractivity contribution in [3.63, 3.8) is 0 Å². The lowest BCUT2D eigenvalue weighted by Crippen LogP contribution is -2.21. The Bertz CT molecular complexity index is 513. The van der Waals surface area contributed by atoms with E-state index in [9.17, 15) is 5.11 Å². The molecule has 0 spiro atoms. The van der Waals surface area contributed by atoms with E-state index in [0.29, 0.717) is 5.75 Å². The van der Waals surface area contributed by atoms with E-state index >= 15 is 0 Å². The average Bonchev–Trinajstić information content (AvgIpc) is 2.38. The molecule has 3 nitrogen and oxygen atoms in total. The predicted molar refractivity (Wildman–Crippen MR) is 70.2 cm³/mol. The van der Waals surface area contributed by atoms with Gasteiger partial charge in [0.2, 0.25) is 0 Å². The normalized spacial score (nSPS) is 12.6. The molecule has 0 saturated carbocycles. The Kier molecular flexibility index (Phi) is 3.99. The van der Waals surface area contributed by atoms with Gasteiger partial charge in [-0.05, 0) is 32.8 Å². The van der Waals surface area contributed by atoms with Gasteiger partial charge in [0.25, 0.3) is 0 Å². The maximum atomic E-state index is 9.23. The van der Waals surface area contributed by atoms with E-state index in [1.807, 2.05) is 36.4 Å². The average molecular weight is 297 g/mol. The van der Waals surface area contributed by atoms with E-state index < -0.39 is 6.10 Å². The predicted octanol–water partition coefficient (Wildman–Crippen LogP) is 2.33. The summed E-state index contributed by atoms with van der Waals surface area (Å²) in [5, 5.41) is 20.1. The zero-order chi connectivity index (χ0) is 12.3. The van der Waals surface area contributed by atoms with Crippen molar-refractivity contribution in [3.05, 3.63) is 40.9 Å². The van der Waals surface area contributed by atoms with Gasteiger partial charge >= 0.3 is 0 Å². The lowest BCUT2D eigenvalue weighted by Gasteiger charge is -2.12. The lowest BCUT2D eigenvalue weighted by molar-refractivity contribution is 0.0534. The second-order valence-electron chi connectivity index (χ2n) is 3.75. The summed E-state index contributed by atoms with van der Waals surface area (Å²) in [7, 11) is 0. The second kappa shape index (κ2) is 5.49. The van der Waals surface area contributed by atoms with Crippen molar-refractivity contribution in [3.8, 4) is 5.75 Å². The minimum absolute atomic E-state index is 0.0768. The summed E-state index contributed by atoms with van der Waals surface area (Å²) in [6.07, 6.45) is -0.853. The number of aliphatic hydroxyl groups is 2. The minimum atomic E-state index is -0.853. The van der Waals surface area contributed by atoms with Crippen LogP contribution in [0.25, 0.3) is 10.8 Å². The molecule has 0 aliphatic rings. The summed E-state index contributed by atoms with van der Waals surface area (Å²) in [6, 6.07) is 11.8. The summed E-state index contributed by atoms with van der Waals surface area (Å²) in [6.45, 7) is -0.224. The van der Waals surface area contributed by atoms with Crippen molar-refractivity contribution >= 4 is 26.7 Å². The minimum Gasteiger partial charge on any atom is -0.490 e. The Morgan fingerprint density at radius 1 is 1.18 bits per heavy atom.